The Morgan fingerprint density at radius 3 is 2.76 bits per heavy atom. The zero-order valence-corrected chi connectivity index (χ0v) is 13.4. The summed E-state index contributed by atoms with van der Waals surface area (Å²) in [6, 6.07) is 2.73. The molecule has 8 nitrogen and oxygen atoms in total. The topological polar surface area (TPSA) is 111 Å². The Balaban J connectivity index is 2.45. The molecular weight excluding hydrogens is 366 g/mol. The van der Waals surface area contributed by atoms with Crippen molar-refractivity contribution in [2.24, 2.45) is 0 Å². The number of aromatic nitrogens is 2. The average Bonchev–Trinajstić information content (AvgIpc) is 2.78. The maximum atomic E-state index is 12.3. The number of esters is 1. The summed E-state index contributed by atoms with van der Waals surface area (Å²) in [7, 11) is -2.97. The predicted octanol–water partition coefficient (Wildman–Crippen LogP) is 1.73. The molecule has 2 aromatic heterocycles. The maximum absolute atomic E-state index is 12.3. The number of anilines is 1. The van der Waals surface area contributed by atoms with Crippen molar-refractivity contribution in [3.63, 3.8) is 0 Å². The molecule has 0 aromatic carbocycles. The molecule has 0 amide bonds. The number of nitrogens with zero attached hydrogens (tertiary/aromatic N) is 2. The third kappa shape index (κ3) is 3.05. The van der Waals surface area contributed by atoms with Crippen molar-refractivity contribution in [3.8, 4) is 0 Å². The lowest BCUT2D eigenvalue weighted by Crippen LogP contribution is -2.19. The lowest BCUT2D eigenvalue weighted by atomic mass is 10.3. The van der Waals surface area contributed by atoms with Gasteiger partial charge in [-0.1, -0.05) is 5.16 Å². The van der Waals surface area contributed by atoms with Crippen LogP contribution in [0.3, 0.4) is 0 Å². The van der Waals surface area contributed by atoms with Crippen LogP contribution in [0.2, 0.25) is 0 Å². The van der Waals surface area contributed by atoms with Gasteiger partial charge >= 0.3 is 5.97 Å². The summed E-state index contributed by atoms with van der Waals surface area (Å²) in [5, 5.41) is 3.11. The molecule has 0 fully saturated rings. The van der Waals surface area contributed by atoms with E-state index in [-0.39, 0.29) is 11.4 Å². The van der Waals surface area contributed by atoms with Crippen LogP contribution in [0.5, 0.6) is 0 Å². The molecule has 0 unspecified atom stereocenters. The number of carbonyl (C=O) groups excluding carboxylic acids is 1. The van der Waals surface area contributed by atoms with Crippen molar-refractivity contribution in [1.29, 1.82) is 0 Å². The first-order valence-corrected chi connectivity index (χ1v) is 7.82. The molecule has 0 bridgehead atoms. The van der Waals surface area contributed by atoms with Gasteiger partial charge in [-0.3, -0.25) is 4.72 Å². The minimum Gasteiger partial charge on any atom is -0.465 e. The number of methoxy groups -OCH3 is 1. The molecule has 0 saturated heterocycles. The second-order valence-electron chi connectivity index (χ2n) is 3.85. The van der Waals surface area contributed by atoms with Gasteiger partial charge in [-0.15, -0.1) is 0 Å². The van der Waals surface area contributed by atoms with E-state index in [1.54, 1.807) is 6.92 Å². The Hall–Kier alpha value is -1.94. The zero-order chi connectivity index (χ0) is 15.6. The van der Waals surface area contributed by atoms with E-state index >= 15 is 0 Å². The molecule has 0 atom stereocenters. The van der Waals surface area contributed by atoms with Crippen molar-refractivity contribution in [2.75, 3.05) is 11.8 Å². The summed E-state index contributed by atoms with van der Waals surface area (Å²) in [6.07, 6.45) is 1.25. The molecule has 0 aliphatic heterocycles. The monoisotopic (exact) mass is 375 g/mol. The summed E-state index contributed by atoms with van der Waals surface area (Å²) < 4.78 is 36.6. The highest BCUT2D eigenvalue weighted by atomic mass is 79.9. The van der Waals surface area contributed by atoms with Gasteiger partial charge in [0, 0.05) is 6.20 Å². The second-order valence-corrected chi connectivity index (χ2v) is 6.25. The van der Waals surface area contributed by atoms with E-state index in [9.17, 15) is 13.2 Å². The number of sulfonamides is 1. The number of ether oxygens (including phenoxy) is 1. The van der Waals surface area contributed by atoms with Crippen LogP contribution in [0.4, 0.5) is 5.82 Å². The minimum absolute atomic E-state index is 0.0334. The molecule has 0 spiro atoms. The summed E-state index contributed by atoms with van der Waals surface area (Å²) >= 11 is 3.14. The highest BCUT2D eigenvalue weighted by Gasteiger charge is 2.26. The number of aryl methyl sites for hydroxylation is 1. The number of carbonyl (C=O) groups is 1. The average molecular weight is 376 g/mol. The quantitative estimate of drug-likeness (QED) is 0.809. The summed E-state index contributed by atoms with van der Waals surface area (Å²) in [6.45, 7) is 1.61. The van der Waals surface area contributed by atoms with Gasteiger partial charge in [0.05, 0.1) is 12.7 Å². The normalized spacial score (nSPS) is 11.2. The molecule has 1 N–H and O–H groups in total. The van der Waals surface area contributed by atoms with Gasteiger partial charge < -0.3 is 9.26 Å². The van der Waals surface area contributed by atoms with Gasteiger partial charge in [0.2, 0.25) is 0 Å². The Morgan fingerprint density at radius 1 is 1.48 bits per heavy atom. The van der Waals surface area contributed by atoms with Crippen LogP contribution in [0.15, 0.2) is 32.4 Å². The third-order valence-electron chi connectivity index (χ3n) is 2.45. The molecule has 112 valence electrons. The van der Waals surface area contributed by atoms with Gasteiger partial charge in [0.1, 0.15) is 10.2 Å². The molecule has 2 aromatic rings. The van der Waals surface area contributed by atoms with Gasteiger partial charge in [-0.25, -0.2) is 9.78 Å². The van der Waals surface area contributed by atoms with E-state index in [1.807, 2.05) is 0 Å². The minimum atomic E-state index is -4.12. The van der Waals surface area contributed by atoms with E-state index in [1.165, 1.54) is 18.3 Å². The van der Waals surface area contributed by atoms with E-state index in [0.717, 1.165) is 7.11 Å². The van der Waals surface area contributed by atoms with E-state index in [4.69, 9.17) is 4.52 Å². The van der Waals surface area contributed by atoms with Crippen LogP contribution in [-0.4, -0.2) is 31.6 Å². The molecule has 21 heavy (non-hydrogen) atoms. The summed E-state index contributed by atoms with van der Waals surface area (Å²) in [5.74, 6) is -0.435. The van der Waals surface area contributed by atoms with Gasteiger partial charge in [-0.05, 0) is 35.0 Å². The van der Waals surface area contributed by atoms with Crippen molar-refractivity contribution in [1.82, 2.24) is 10.1 Å². The van der Waals surface area contributed by atoms with E-state index in [2.05, 4.69) is 35.5 Å². The number of hydrogen-bond acceptors (Lipinski definition) is 7. The van der Waals surface area contributed by atoms with Gasteiger partial charge in [0.15, 0.2) is 10.8 Å². The summed E-state index contributed by atoms with van der Waals surface area (Å²) in [4.78, 5) is 15.3. The smallest absolute Gasteiger partial charge is 0.340 e. The second kappa shape index (κ2) is 5.82. The molecule has 0 aliphatic carbocycles. The molecule has 0 aliphatic rings. The molecule has 10 heteroatoms. The van der Waals surface area contributed by atoms with Gasteiger partial charge in [0.25, 0.3) is 10.0 Å². The van der Waals surface area contributed by atoms with Crippen LogP contribution in [0, 0.1) is 6.92 Å². The first kappa shape index (κ1) is 15.4. The zero-order valence-electron chi connectivity index (χ0n) is 11.0. The Labute approximate surface area is 128 Å². The van der Waals surface area contributed by atoms with Crippen molar-refractivity contribution < 1.29 is 22.5 Å². The molecule has 2 heterocycles. The van der Waals surface area contributed by atoms with Crippen LogP contribution >= 0.6 is 15.9 Å². The van der Waals surface area contributed by atoms with Crippen molar-refractivity contribution in [3.05, 3.63) is 34.1 Å². The number of halogens is 1. The van der Waals surface area contributed by atoms with Crippen LogP contribution in [-0.2, 0) is 14.8 Å². The molecule has 2 rings (SSSR count). The highest BCUT2D eigenvalue weighted by molar-refractivity contribution is 9.10. The predicted molar refractivity (Wildman–Crippen MR) is 75.3 cm³/mol. The molecular formula is C11H10BrN3O5S. The highest BCUT2D eigenvalue weighted by Crippen LogP contribution is 2.27. The van der Waals surface area contributed by atoms with Crippen LogP contribution in [0.1, 0.15) is 16.1 Å². The van der Waals surface area contributed by atoms with Crippen molar-refractivity contribution in [2.45, 2.75) is 11.9 Å². The van der Waals surface area contributed by atoms with Crippen LogP contribution < -0.4 is 4.72 Å². The first-order valence-electron chi connectivity index (χ1n) is 5.54. The summed E-state index contributed by atoms with van der Waals surface area (Å²) in [5.41, 5.74) is -0.177. The number of pyridine rings is 1. The fourth-order valence-electron chi connectivity index (χ4n) is 1.47. The SMILES string of the molecule is COC(=O)c1cccnc1S(=O)(=O)Nc1noc(C)c1Br. The standard InChI is InChI=1S/C11H10BrN3O5S/c1-6-8(12)9(14-20-6)15-21(17,18)10-7(11(16)19-2)4-3-5-13-10/h3-5H,1-2H3,(H,14,15). The number of hydrogen-bond donors (Lipinski definition) is 1. The van der Waals surface area contributed by atoms with Gasteiger partial charge in [-0.2, -0.15) is 8.42 Å². The maximum Gasteiger partial charge on any atom is 0.340 e. The number of nitrogens with one attached hydrogen (secondary N) is 1. The van der Waals surface area contributed by atoms with E-state index in [0.29, 0.717) is 10.2 Å². The first-order chi connectivity index (χ1) is 9.86. The Morgan fingerprint density at radius 2 is 2.19 bits per heavy atom. The van der Waals surface area contributed by atoms with E-state index < -0.39 is 21.0 Å². The largest absolute Gasteiger partial charge is 0.465 e. The fourth-order valence-corrected chi connectivity index (χ4v) is 2.98. The van der Waals surface area contributed by atoms with Crippen molar-refractivity contribution >= 4 is 37.7 Å². The Bertz CT molecular complexity index is 787. The number of rotatable bonds is 4. The lowest BCUT2D eigenvalue weighted by Gasteiger charge is -2.08. The third-order valence-corrected chi connectivity index (χ3v) is 4.68. The molecule has 0 radical (unpaired) electrons. The fraction of sp³-hybridized carbons (Fsp3) is 0.182. The lowest BCUT2D eigenvalue weighted by molar-refractivity contribution is 0.0595. The van der Waals surface area contributed by atoms with Crippen LogP contribution in [0.25, 0.3) is 0 Å². The molecule has 0 saturated carbocycles. The Kier molecular flexibility index (Phi) is 4.28.